The van der Waals surface area contributed by atoms with Gasteiger partial charge in [0.15, 0.2) is 0 Å². The predicted octanol–water partition coefficient (Wildman–Crippen LogP) is 4.35. The van der Waals surface area contributed by atoms with Crippen LogP contribution in [-0.2, 0) is 6.42 Å². The van der Waals surface area contributed by atoms with Crippen molar-refractivity contribution in [3.05, 3.63) is 60.2 Å². The molecule has 2 aromatic rings. The lowest BCUT2D eigenvalue weighted by atomic mass is 10.1. The highest BCUT2D eigenvalue weighted by Crippen LogP contribution is 2.13. The number of halogens is 1. The standard InChI is InChI=1S/C17H20ClNO/c18-11-5-7-15-6-4-8-16(14-15)19-12-13-20-17-9-2-1-3-10-17/h1-4,6,8-10,14,19H,5,7,11-13H2. The van der Waals surface area contributed by atoms with Crippen molar-refractivity contribution in [3.8, 4) is 5.75 Å². The van der Waals surface area contributed by atoms with Crippen LogP contribution >= 0.6 is 11.6 Å². The summed E-state index contributed by atoms with van der Waals surface area (Å²) in [7, 11) is 0. The largest absolute Gasteiger partial charge is 0.492 e. The van der Waals surface area contributed by atoms with E-state index >= 15 is 0 Å². The van der Waals surface area contributed by atoms with E-state index in [1.165, 1.54) is 5.56 Å². The van der Waals surface area contributed by atoms with Gasteiger partial charge in [-0.3, -0.25) is 0 Å². The minimum atomic E-state index is 0.649. The van der Waals surface area contributed by atoms with Crippen LogP contribution < -0.4 is 10.1 Å². The number of ether oxygens (including phenoxy) is 1. The average Bonchev–Trinajstić information content (AvgIpc) is 2.51. The maximum Gasteiger partial charge on any atom is 0.119 e. The van der Waals surface area contributed by atoms with Crippen molar-refractivity contribution in [2.45, 2.75) is 12.8 Å². The molecule has 2 rings (SSSR count). The lowest BCUT2D eigenvalue weighted by Gasteiger charge is -2.09. The van der Waals surface area contributed by atoms with Gasteiger partial charge in [-0.1, -0.05) is 30.3 Å². The number of benzene rings is 2. The van der Waals surface area contributed by atoms with Gasteiger partial charge in [0, 0.05) is 18.1 Å². The van der Waals surface area contributed by atoms with Gasteiger partial charge in [-0.2, -0.15) is 0 Å². The molecular weight excluding hydrogens is 270 g/mol. The molecule has 0 heterocycles. The first kappa shape index (κ1) is 14.7. The number of aryl methyl sites for hydroxylation is 1. The van der Waals surface area contributed by atoms with Crippen LogP contribution in [0, 0.1) is 0 Å². The zero-order valence-corrected chi connectivity index (χ0v) is 12.3. The van der Waals surface area contributed by atoms with Crippen molar-refractivity contribution in [2.75, 3.05) is 24.3 Å². The van der Waals surface area contributed by atoms with Crippen molar-refractivity contribution in [1.82, 2.24) is 0 Å². The van der Waals surface area contributed by atoms with Gasteiger partial charge in [0.05, 0.1) is 0 Å². The van der Waals surface area contributed by atoms with E-state index in [0.717, 1.165) is 30.8 Å². The molecule has 0 bridgehead atoms. The predicted molar refractivity (Wildman–Crippen MR) is 85.9 cm³/mol. The number of hydrogen-bond acceptors (Lipinski definition) is 2. The van der Waals surface area contributed by atoms with Crippen molar-refractivity contribution >= 4 is 17.3 Å². The number of anilines is 1. The summed E-state index contributed by atoms with van der Waals surface area (Å²) in [6.07, 6.45) is 2.04. The van der Waals surface area contributed by atoms with Crippen LogP contribution in [0.25, 0.3) is 0 Å². The molecule has 0 aliphatic carbocycles. The summed E-state index contributed by atoms with van der Waals surface area (Å²) in [5.74, 6) is 1.62. The molecule has 0 aliphatic rings. The number of para-hydroxylation sites is 1. The molecule has 106 valence electrons. The van der Waals surface area contributed by atoms with Gasteiger partial charge in [0.1, 0.15) is 12.4 Å². The fourth-order valence-electron chi connectivity index (χ4n) is 1.99. The molecule has 3 heteroatoms. The van der Waals surface area contributed by atoms with Gasteiger partial charge >= 0.3 is 0 Å². The molecule has 0 unspecified atom stereocenters. The first-order valence-corrected chi connectivity index (χ1v) is 7.48. The Balaban J connectivity index is 1.73. The second-order valence-electron chi connectivity index (χ2n) is 4.58. The molecule has 2 aromatic carbocycles. The van der Waals surface area contributed by atoms with E-state index in [1.807, 2.05) is 30.3 Å². The van der Waals surface area contributed by atoms with E-state index in [4.69, 9.17) is 16.3 Å². The van der Waals surface area contributed by atoms with Crippen molar-refractivity contribution < 1.29 is 4.74 Å². The molecule has 0 aromatic heterocycles. The molecule has 0 radical (unpaired) electrons. The molecule has 1 N–H and O–H groups in total. The fourth-order valence-corrected chi connectivity index (χ4v) is 2.12. The normalized spacial score (nSPS) is 10.2. The van der Waals surface area contributed by atoms with Crippen molar-refractivity contribution in [1.29, 1.82) is 0 Å². The van der Waals surface area contributed by atoms with Crippen LogP contribution in [0.1, 0.15) is 12.0 Å². The second-order valence-corrected chi connectivity index (χ2v) is 4.96. The molecular formula is C17H20ClNO. The van der Waals surface area contributed by atoms with Gasteiger partial charge in [-0.25, -0.2) is 0 Å². The smallest absolute Gasteiger partial charge is 0.119 e. The molecule has 2 nitrogen and oxygen atoms in total. The van der Waals surface area contributed by atoms with E-state index in [1.54, 1.807) is 0 Å². The van der Waals surface area contributed by atoms with E-state index in [9.17, 15) is 0 Å². The monoisotopic (exact) mass is 289 g/mol. The van der Waals surface area contributed by atoms with Gasteiger partial charge in [-0.05, 0) is 42.7 Å². The third-order valence-electron chi connectivity index (χ3n) is 2.97. The van der Waals surface area contributed by atoms with Gasteiger partial charge in [-0.15, -0.1) is 11.6 Å². The summed E-state index contributed by atoms with van der Waals surface area (Å²) in [6.45, 7) is 1.43. The first-order valence-electron chi connectivity index (χ1n) is 6.95. The number of rotatable bonds is 8. The summed E-state index contributed by atoms with van der Waals surface area (Å²) < 4.78 is 5.64. The summed E-state index contributed by atoms with van der Waals surface area (Å²) in [4.78, 5) is 0. The van der Waals surface area contributed by atoms with Gasteiger partial charge in [0.25, 0.3) is 0 Å². The molecule has 0 saturated heterocycles. The highest BCUT2D eigenvalue weighted by atomic mass is 35.5. The van der Waals surface area contributed by atoms with Crippen LogP contribution in [0.2, 0.25) is 0 Å². The van der Waals surface area contributed by atoms with Crippen LogP contribution in [0.5, 0.6) is 5.75 Å². The summed E-state index contributed by atoms with van der Waals surface area (Å²) in [5, 5.41) is 3.37. The highest BCUT2D eigenvalue weighted by Gasteiger charge is 1.96. The minimum Gasteiger partial charge on any atom is -0.492 e. The SMILES string of the molecule is ClCCCc1cccc(NCCOc2ccccc2)c1. The van der Waals surface area contributed by atoms with Crippen LogP contribution in [0.15, 0.2) is 54.6 Å². The number of alkyl halides is 1. The summed E-state index contributed by atoms with van der Waals surface area (Å²) in [5.41, 5.74) is 2.45. The fraction of sp³-hybridized carbons (Fsp3) is 0.294. The minimum absolute atomic E-state index is 0.649. The van der Waals surface area contributed by atoms with Crippen molar-refractivity contribution in [3.63, 3.8) is 0 Å². The Labute approximate surface area is 125 Å². The van der Waals surface area contributed by atoms with Gasteiger partial charge < -0.3 is 10.1 Å². The molecule has 20 heavy (non-hydrogen) atoms. The van der Waals surface area contributed by atoms with Crippen molar-refractivity contribution in [2.24, 2.45) is 0 Å². The Hall–Kier alpha value is -1.67. The zero-order chi connectivity index (χ0) is 14.0. The summed E-state index contributed by atoms with van der Waals surface area (Å²) in [6, 6.07) is 18.3. The Bertz CT molecular complexity index is 501. The maximum absolute atomic E-state index is 5.72. The van der Waals surface area contributed by atoms with Gasteiger partial charge in [0.2, 0.25) is 0 Å². The Kier molecular flexibility index (Phi) is 6.25. The zero-order valence-electron chi connectivity index (χ0n) is 11.5. The molecule has 0 aliphatic heterocycles. The number of hydrogen-bond donors (Lipinski definition) is 1. The molecule has 0 spiro atoms. The third-order valence-corrected chi connectivity index (χ3v) is 3.24. The van der Waals surface area contributed by atoms with E-state index in [0.29, 0.717) is 12.5 Å². The third kappa shape index (κ3) is 5.14. The van der Waals surface area contributed by atoms with E-state index < -0.39 is 0 Å². The van der Waals surface area contributed by atoms with E-state index in [-0.39, 0.29) is 0 Å². The molecule has 0 amide bonds. The van der Waals surface area contributed by atoms with E-state index in [2.05, 4.69) is 29.6 Å². The Morgan fingerprint density at radius 2 is 1.85 bits per heavy atom. The lowest BCUT2D eigenvalue weighted by molar-refractivity contribution is 0.333. The highest BCUT2D eigenvalue weighted by molar-refractivity contribution is 6.17. The molecule has 0 atom stereocenters. The number of nitrogens with one attached hydrogen (secondary N) is 1. The first-order chi connectivity index (χ1) is 9.88. The molecule has 0 saturated carbocycles. The quantitative estimate of drug-likeness (QED) is 0.576. The molecule has 0 fully saturated rings. The lowest BCUT2D eigenvalue weighted by Crippen LogP contribution is -2.11. The topological polar surface area (TPSA) is 21.3 Å². The van der Waals surface area contributed by atoms with Crippen LogP contribution in [0.3, 0.4) is 0 Å². The Morgan fingerprint density at radius 3 is 2.65 bits per heavy atom. The average molecular weight is 290 g/mol. The second kappa shape index (κ2) is 8.49. The maximum atomic E-state index is 5.72. The van der Waals surface area contributed by atoms with Crippen LogP contribution in [0.4, 0.5) is 5.69 Å². The Morgan fingerprint density at radius 1 is 1.00 bits per heavy atom. The van der Waals surface area contributed by atoms with Crippen LogP contribution in [-0.4, -0.2) is 19.0 Å². The summed E-state index contributed by atoms with van der Waals surface area (Å²) >= 11 is 5.72.